The summed E-state index contributed by atoms with van der Waals surface area (Å²) in [5.74, 6) is -0.394. The van der Waals surface area contributed by atoms with Crippen LogP contribution in [0.1, 0.15) is 5.56 Å². The van der Waals surface area contributed by atoms with Crippen LogP contribution in [-0.4, -0.2) is 31.6 Å². The fourth-order valence-corrected chi connectivity index (χ4v) is 1.58. The van der Waals surface area contributed by atoms with E-state index in [-0.39, 0.29) is 6.54 Å². The highest BCUT2D eigenvalue weighted by Gasteiger charge is 2.29. The van der Waals surface area contributed by atoms with Gasteiger partial charge in [0.05, 0.1) is 13.2 Å². The van der Waals surface area contributed by atoms with Gasteiger partial charge in [0, 0.05) is 0 Å². The lowest BCUT2D eigenvalue weighted by molar-refractivity contribution is -0.0357. The molecule has 0 radical (unpaired) electrons. The van der Waals surface area contributed by atoms with E-state index in [9.17, 15) is 14.6 Å². The standard InChI is InChI=1S/C11H12FN3O2/c12-10-3-1-9(2-4-10)11(17,6-16)5-15-8-13-7-14-15/h1-4,7-8,16-17H,5-6H2/t11-/m1/s1. The highest BCUT2D eigenvalue weighted by atomic mass is 19.1. The van der Waals surface area contributed by atoms with Gasteiger partial charge in [-0.15, -0.1) is 0 Å². The van der Waals surface area contributed by atoms with Gasteiger partial charge in [0.1, 0.15) is 24.1 Å². The number of halogens is 1. The molecule has 0 fully saturated rings. The van der Waals surface area contributed by atoms with Crippen molar-refractivity contribution in [1.82, 2.24) is 14.8 Å². The molecule has 6 heteroatoms. The lowest BCUT2D eigenvalue weighted by Crippen LogP contribution is -2.35. The van der Waals surface area contributed by atoms with Crippen LogP contribution in [0, 0.1) is 5.82 Å². The maximum atomic E-state index is 12.8. The number of nitrogens with zero attached hydrogens (tertiary/aromatic N) is 3. The lowest BCUT2D eigenvalue weighted by atomic mass is 9.95. The van der Waals surface area contributed by atoms with E-state index in [1.54, 1.807) is 0 Å². The van der Waals surface area contributed by atoms with Gasteiger partial charge >= 0.3 is 0 Å². The first kappa shape index (κ1) is 11.7. The van der Waals surface area contributed by atoms with Gasteiger partial charge in [0.15, 0.2) is 0 Å². The van der Waals surface area contributed by atoms with Gasteiger partial charge in [-0.05, 0) is 17.7 Å². The molecule has 0 amide bonds. The number of hydrogen-bond donors (Lipinski definition) is 2. The van der Waals surface area contributed by atoms with Crippen LogP contribution < -0.4 is 0 Å². The molecule has 1 heterocycles. The Hall–Kier alpha value is -1.79. The van der Waals surface area contributed by atoms with Crippen LogP contribution >= 0.6 is 0 Å². The fourth-order valence-electron chi connectivity index (χ4n) is 1.58. The Labute approximate surface area is 97.2 Å². The molecule has 0 unspecified atom stereocenters. The molecule has 2 N–H and O–H groups in total. The predicted molar refractivity (Wildman–Crippen MR) is 57.4 cm³/mol. The first-order valence-electron chi connectivity index (χ1n) is 5.06. The van der Waals surface area contributed by atoms with E-state index < -0.39 is 18.0 Å². The second-order valence-electron chi connectivity index (χ2n) is 3.79. The molecule has 0 aliphatic carbocycles. The van der Waals surface area contributed by atoms with Crippen molar-refractivity contribution in [2.45, 2.75) is 12.1 Å². The Morgan fingerprint density at radius 2 is 2.00 bits per heavy atom. The minimum absolute atomic E-state index is 0.0507. The Balaban J connectivity index is 2.27. The van der Waals surface area contributed by atoms with E-state index in [2.05, 4.69) is 10.1 Å². The smallest absolute Gasteiger partial charge is 0.137 e. The number of aliphatic hydroxyl groups is 2. The molecule has 1 atom stereocenters. The Bertz CT molecular complexity index is 472. The fraction of sp³-hybridized carbons (Fsp3) is 0.273. The van der Waals surface area contributed by atoms with Crippen LogP contribution in [0.2, 0.25) is 0 Å². The molecule has 90 valence electrons. The zero-order valence-electron chi connectivity index (χ0n) is 8.99. The van der Waals surface area contributed by atoms with E-state index in [1.165, 1.54) is 41.6 Å². The van der Waals surface area contributed by atoms with Crippen molar-refractivity contribution in [3.05, 3.63) is 48.3 Å². The van der Waals surface area contributed by atoms with E-state index in [0.717, 1.165) is 0 Å². The van der Waals surface area contributed by atoms with Crippen molar-refractivity contribution < 1.29 is 14.6 Å². The number of aromatic nitrogens is 3. The van der Waals surface area contributed by atoms with Crippen LogP contribution in [-0.2, 0) is 12.1 Å². The molecule has 2 aromatic rings. The summed E-state index contributed by atoms with van der Waals surface area (Å²) < 4.78 is 14.2. The number of hydrogen-bond acceptors (Lipinski definition) is 4. The summed E-state index contributed by atoms with van der Waals surface area (Å²) in [6, 6.07) is 5.33. The van der Waals surface area contributed by atoms with E-state index in [0.29, 0.717) is 5.56 Å². The average molecular weight is 237 g/mol. The van der Waals surface area contributed by atoms with Crippen LogP contribution in [0.3, 0.4) is 0 Å². The Kier molecular flexibility index (Phi) is 3.16. The van der Waals surface area contributed by atoms with Gasteiger partial charge in [-0.3, -0.25) is 0 Å². The van der Waals surface area contributed by atoms with Gasteiger partial charge in [-0.1, -0.05) is 12.1 Å². The first-order valence-corrected chi connectivity index (χ1v) is 5.06. The summed E-state index contributed by atoms with van der Waals surface area (Å²) in [5.41, 5.74) is -1.07. The summed E-state index contributed by atoms with van der Waals surface area (Å²) in [6.45, 7) is -0.437. The van der Waals surface area contributed by atoms with E-state index in [1.807, 2.05) is 0 Å². The normalized spacial score (nSPS) is 14.5. The molecular weight excluding hydrogens is 225 g/mol. The number of aliphatic hydroxyl groups excluding tert-OH is 1. The molecule has 0 saturated heterocycles. The highest BCUT2D eigenvalue weighted by Crippen LogP contribution is 2.22. The average Bonchev–Trinajstić information content (AvgIpc) is 2.82. The number of rotatable bonds is 4. The molecule has 0 bridgehead atoms. The number of benzene rings is 1. The van der Waals surface area contributed by atoms with Crippen LogP contribution in [0.15, 0.2) is 36.9 Å². The topological polar surface area (TPSA) is 71.2 Å². The summed E-state index contributed by atoms with van der Waals surface area (Å²) in [6.07, 6.45) is 2.77. The SMILES string of the molecule is OC[C@](O)(Cn1cncn1)c1ccc(F)cc1. The van der Waals surface area contributed by atoms with Crippen molar-refractivity contribution in [1.29, 1.82) is 0 Å². The first-order chi connectivity index (χ1) is 8.14. The molecule has 2 rings (SSSR count). The third-order valence-electron chi connectivity index (χ3n) is 2.53. The second-order valence-corrected chi connectivity index (χ2v) is 3.79. The Morgan fingerprint density at radius 1 is 1.29 bits per heavy atom. The summed E-state index contributed by atoms with van der Waals surface area (Å²) in [5, 5.41) is 23.4. The molecule has 0 spiro atoms. The van der Waals surface area contributed by atoms with Crippen LogP contribution in [0.5, 0.6) is 0 Å². The summed E-state index contributed by atoms with van der Waals surface area (Å²) in [7, 11) is 0. The van der Waals surface area contributed by atoms with Crippen molar-refractivity contribution in [2.24, 2.45) is 0 Å². The van der Waals surface area contributed by atoms with Crippen molar-refractivity contribution >= 4 is 0 Å². The third-order valence-corrected chi connectivity index (χ3v) is 2.53. The highest BCUT2D eigenvalue weighted by molar-refractivity contribution is 5.23. The molecule has 0 aliphatic rings. The minimum atomic E-state index is -1.50. The van der Waals surface area contributed by atoms with Crippen LogP contribution in [0.4, 0.5) is 4.39 Å². The maximum absolute atomic E-state index is 12.8. The van der Waals surface area contributed by atoms with E-state index in [4.69, 9.17) is 0 Å². The van der Waals surface area contributed by atoms with Gasteiger partial charge < -0.3 is 10.2 Å². The minimum Gasteiger partial charge on any atom is -0.393 e. The molecule has 0 aliphatic heterocycles. The molecule has 1 aromatic heterocycles. The van der Waals surface area contributed by atoms with E-state index >= 15 is 0 Å². The van der Waals surface area contributed by atoms with Crippen molar-refractivity contribution in [2.75, 3.05) is 6.61 Å². The Morgan fingerprint density at radius 3 is 2.53 bits per heavy atom. The zero-order chi connectivity index (χ0) is 12.3. The van der Waals surface area contributed by atoms with Crippen molar-refractivity contribution in [3.8, 4) is 0 Å². The summed E-state index contributed by atoms with van der Waals surface area (Å²) in [4.78, 5) is 3.75. The van der Waals surface area contributed by atoms with Gasteiger partial charge in [-0.2, -0.15) is 5.10 Å². The quantitative estimate of drug-likeness (QED) is 0.802. The third kappa shape index (κ3) is 2.48. The predicted octanol–water partition coefficient (Wildman–Crippen LogP) is 0.297. The maximum Gasteiger partial charge on any atom is 0.137 e. The molecule has 5 nitrogen and oxygen atoms in total. The largest absolute Gasteiger partial charge is 0.393 e. The molecule has 17 heavy (non-hydrogen) atoms. The lowest BCUT2D eigenvalue weighted by Gasteiger charge is -2.26. The molecule has 1 aromatic carbocycles. The summed E-state index contributed by atoms with van der Waals surface area (Å²) >= 11 is 0. The van der Waals surface area contributed by atoms with Crippen LogP contribution in [0.25, 0.3) is 0 Å². The monoisotopic (exact) mass is 237 g/mol. The molecule has 0 saturated carbocycles. The van der Waals surface area contributed by atoms with Crippen molar-refractivity contribution in [3.63, 3.8) is 0 Å². The van der Waals surface area contributed by atoms with Gasteiger partial charge in [0.2, 0.25) is 0 Å². The molecular formula is C11H12FN3O2. The second kappa shape index (κ2) is 4.60. The van der Waals surface area contributed by atoms with Gasteiger partial charge in [0.25, 0.3) is 0 Å². The van der Waals surface area contributed by atoms with Gasteiger partial charge in [-0.25, -0.2) is 14.1 Å². The zero-order valence-corrected chi connectivity index (χ0v) is 8.99.